The summed E-state index contributed by atoms with van der Waals surface area (Å²) in [5, 5.41) is 29.6. The van der Waals surface area contributed by atoms with Gasteiger partial charge in [0.1, 0.15) is 0 Å². The van der Waals surface area contributed by atoms with Crippen LogP contribution in [-0.4, -0.2) is 0 Å². The highest BCUT2D eigenvalue weighted by molar-refractivity contribution is 6.59. The highest BCUT2D eigenvalue weighted by atomic mass is 14.5. The van der Waals surface area contributed by atoms with E-state index in [4.69, 9.17) is 0 Å². The topological polar surface area (TPSA) is 0 Å². The molecule has 15 rings (SSSR count). The van der Waals surface area contributed by atoms with Gasteiger partial charge in [0, 0.05) is 23.7 Å². The first-order valence-corrected chi connectivity index (χ1v) is 15.1. The minimum absolute atomic E-state index is 0.324. The van der Waals surface area contributed by atoms with Crippen LogP contribution < -0.4 is 5.22 Å². The molecular formula is C40H16. The summed E-state index contributed by atoms with van der Waals surface area (Å²) in [5.41, 5.74) is 8.03. The Morgan fingerprint density at radius 2 is 1.20 bits per heavy atom. The van der Waals surface area contributed by atoms with E-state index in [9.17, 15) is 0 Å². The number of benzene rings is 6. The zero-order valence-corrected chi connectivity index (χ0v) is 21.3. The molecule has 5 aliphatic carbocycles. The van der Waals surface area contributed by atoms with Crippen LogP contribution >= 0.6 is 0 Å². The van der Waals surface area contributed by atoms with Crippen molar-refractivity contribution in [1.82, 2.24) is 0 Å². The van der Waals surface area contributed by atoms with E-state index in [0.29, 0.717) is 23.7 Å². The zero-order chi connectivity index (χ0) is 24.7. The molecule has 0 amide bonds. The number of allylic oxidation sites excluding steroid dienone is 1. The molecule has 0 nitrogen and oxygen atoms in total. The molecule has 5 aliphatic rings. The Labute approximate surface area is 226 Å². The Hall–Kier alpha value is -4.60. The molecule has 0 aromatic heterocycles. The second-order valence-electron chi connectivity index (χ2n) is 13.9. The van der Waals surface area contributed by atoms with Crippen molar-refractivity contribution in [2.24, 2.45) is 11.8 Å². The SMILES string of the molecule is C1#CC2CC3=c4c5c6c7c(ccc8c9ccc%10c%11ccc%12c%13c(c%14c4c4c5c(c78)c9c%10c4c%11c%12%14)C3C2C=C%13)C1C6. The van der Waals surface area contributed by atoms with Gasteiger partial charge in [-0.1, -0.05) is 66.0 Å². The lowest BCUT2D eigenvalue weighted by Crippen LogP contribution is -2.19. The van der Waals surface area contributed by atoms with Gasteiger partial charge < -0.3 is 0 Å². The van der Waals surface area contributed by atoms with E-state index in [0.717, 1.165) is 12.8 Å². The summed E-state index contributed by atoms with van der Waals surface area (Å²) in [6.07, 6.45) is 7.29. The monoisotopic (exact) mass is 496 g/mol. The third kappa shape index (κ3) is 1.24. The highest BCUT2D eigenvalue weighted by Crippen LogP contribution is 2.65. The Morgan fingerprint density at radius 3 is 2.00 bits per heavy atom. The first-order valence-electron chi connectivity index (χ1n) is 15.1. The quantitative estimate of drug-likeness (QED) is 0.145. The summed E-state index contributed by atoms with van der Waals surface area (Å²) in [5.74, 6) is 9.61. The molecular weight excluding hydrogens is 480 g/mol. The van der Waals surface area contributed by atoms with Crippen LogP contribution in [-0.2, 0) is 6.42 Å². The van der Waals surface area contributed by atoms with Crippen LogP contribution in [0.25, 0.3) is 109 Å². The van der Waals surface area contributed by atoms with Gasteiger partial charge in [-0.05, 0) is 137 Å². The van der Waals surface area contributed by atoms with Gasteiger partial charge in [-0.15, -0.1) is 0 Å². The number of rotatable bonds is 0. The fourth-order valence-electron chi connectivity index (χ4n) is 12.0. The van der Waals surface area contributed by atoms with E-state index >= 15 is 0 Å². The van der Waals surface area contributed by atoms with Crippen molar-refractivity contribution in [1.29, 1.82) is 0 Å². The maximum absolute atomic E-state index is 3.94. The van der Waals surface area contributed by atoms with Crippen LogP contribution in [0.2, 0.25) is 0 Å². The van der Waals surface area contributed by atoms with Crippen LogP contribution in [0.3, 0.4) is 0 Å². The van der Waals surface area contributed by atoms with Crippen LogP contribution in [0.5, 0.6) is 0 Å². The van der Waals surface area contributed by atoms with Crippen molar-refractivity contribution in [3.8, 4) is 11.8 Å². The fourth-order valence-corrected chi connectivity index (χ4v) is 12.0. The molecule has 0 N–H and O–H groups in total. The van der Waals surface area contributed by atoms with Gasteiger partial charge in [-0.2, -0.15) is 0 Å². The average Bonchev–Trinajstić information content (AvgIpc) is 3.79. The minimum Gasteiger partial charge on any atom is -0.0983 e. The molecule has 10 aromatic carbocycles. The normalized spacial score (nSPS) is 25.6. The van der Waals surface area contributed by atoms with Crippen LogP contribution in [0.1, 0.15) is 40.5 Å². The van der Waals surface area contributed by atoms with Crippen molar-refractivity contribution in [2.45, 2.75) is 24.7 Å². The summed E-state index contributed by atoms with van der Waals surface area (Å²) < 4.78 is 0. The molecule has 0 radical (unpaired) electrons. The average molecular weight is 497 g/mol. The maximum Gasteiger partial charge on any atom is 0.0499 e. The zero-order valence-electron chi connectivity index (χ0n) is 21.3. The third-order valence-corrected chi connectivity index (χ3v) is 12.9. The molecule has 0 saturated heterocycles. The first kappa shape index (κ1) is 17.2. The van der Waals surface area contributed by atoms with Gasteiger partial charge >= 0.3 is 0 Å². The lowest BCUT2D eigenvalue weighted by Gasteiger charge is -2.27. The molecule has 1 fully saturated rings. The van der Waals surface area contributed by atoms with E-state index < -0.39 is 0 Å². The molecule has 10 aromatic rings. The van der Waals surface area contributed by atoms with Gasteiger partial charge in [0.05, 0.1) is 0 Å². The molecule has 0 spiro atoms. The van der Waals surface area contributed by atoms with Crippen molar-refractivity contribution >= 4 is 109 Å². The standard InChI is InChI=1S/C40H16/c1-2-14-12-24-26-16(14)4-6-18-20-8-10-22-21-9-7-19-17-5-3-15-13(1)11-23-25(15)27(17)35-29(19)31(21)37-32(22)30(20)36(28(18)26)39-34(24)33(23)38(35)40(37)39/h3-10,13-15,25H,11-12H2. The van der Waals surface area contributed by atoms with E-state index in [-0.39, 0.29) is 0 Å². The largest absolute Gasteiger partial charge is 0.0983 e. The van der Waals surface area contributed by atoms with Crippen LogP contribution in [0.4, 0.5) is 0 Å². The van der Waals surface area contributed by atoms with E-state index in [1.807, 2.05) is 0 Å². The Kier molecular flexibility index (Phi) is 1.97. The number of fused-ring (bicyclic) bond motifs is 7. The molecule has 4 atom stereocenters. The minimum atomic E-state index is 0.324. The van der Waals surface area contributed by atoms with Crippen LogP contribution in [0.15, 0.2) is 42.5 Å². The van der Waals surface area contributed by atoms with Crippen molar-refractivity contribution in [3.05, 3.63) is 69.9 Å². The fraction of sp³-hybridized carbons (Fsp3) is 0.150. The molecule has 0 aliphatic heterocycles. The van der Waals surface area contributed by atoms with Gasteiger partial charge in [0.2, 0.25) is 0 Å². The molecule has 0 heterocycles. The number of hydrogen-bond donors (Lipinski definition) is 0. The Balaban J connectivity index is 1.51. The summed E-state index contributed by atoms with van der Waals surface area (Å²) in [4.78, 5) is 0. The molecule has 1 saturated carbocycles. The molecule has 4 unspecified atom stereocenters. The summed E-state index contributed by atoms with van der Waals surface area (Å²) in [6, 6.07) is 14.8. The summed E-state index contributed by atoms with van der Waals surface area (Å²) in [6.45, 7) is 0. The maximum atomic E-state index is 3.94. The molecule has 40 heavy (non-hydrogen) atoms. The predicted octanol–water partition coefficient (Wildman–Crippen LogP) is 8.98. The Morgan fingerprint density at radius 1 is 0.550 bits per heavy atom. The third-order valence-electron chi connectivity index (χ3n) is 12.9. The summed E-state index contributed by atoms with van der Waals surface area (Å²) in [7, 11) is 0. The van der Waals surface area contributed by atoms with Crippen molar-refractivity contribution in [2.75, 3.05) is 0 Å². The highest BCUT2D eigenvalue weighted by Gasteiger charge is 2.48. The van der Waals surface area contributed by atoms with Gasteiger partial charge in [0.15, 0.2) is 0 Å². The van der Waals surface area contributed by atoms with E-state index in [2.05, 4.69) is 60.4 Å². The first-order chi connectivity index (χ1) is 19.9. The second kappa shape index (κ2) is 4.59. The molecule has 0 heteroatoms. The summed E-state index contributed by atoms with van der Waals surface area (Å²) >= 11 is 0. The van der Waals surface area contributed by atoms with Crippen molar-refractivity contribution in [3.63, 3.8) is 0 Å². The van der Waals surface area contributed by atoms with E-state index in [1.54, 1.807) is 91.9 Å². The van der Waals surface area contributed by atoms with Gasteiger partial charge in [-0.25, -0.2) is 0 Å². The van der Waals surface area contributed by atoms with Gasteiger partial charge in [-0.3, -0.25) is 0 Å². The van der Waals surface area contributed by atoms with Crippen molar-refractivity contribution < 1.29 is 0 Å². The lowest BCUT2D eigenvalue weighted by molar-refractivity contribution is 0.533. The molecule has 4 bridgehead atoms. The Bertz CT molecular complexity index is 3100. The smallest absolute Gasteiger partial charge is 0.0499 e. The second-order valence-corrected chi connectivity index (χ2v) is 13.9. The van der Waals surface area contributed by atoms with Gasteiger partial charge in [0.25, 0.3) is 0 Å². The van der Waals surface area contributed by atoms with E-state index in [1.165, 1.54) is 38.1 Å². The predicted molar refractivity (Wildman–Crippen MR) is 167 cm³/mol. The van der Waals surface area contributed by atoms with Crippen LogP contribution in [0, 0.1) is 23.7 Å². The molecule has 176 valence electrons. The number of hydrogen-bond acceptors (Lipinski definition) is 0. The lowest BCUT2D eigenvalue weighted by atomic mass is 9.75.